The predicted molar refractivity (Wildman–Crippen MR) is 57.4 cm³/mol. The average molecular weight is 220 g/mol. The van der Waals surface area contributed by atoms with Crippen LogP contribution >= 0.6 is 11.3 Å². The Bertz CT molecular complexity index is 510. The van der Waals surface area contributed by atoms with Gasteiger partial charge in [-0.2, -0.15) is 4.89 Å². The number of aromatic nitrogens is 1. The molecule has 1 aromatic heterocycles. The molecule has 76 valence electrons. The number of hydrogen-bond acceptors (Lipinski definition) is 5. The van der Waals surface area contributed by atoms with Crippen LogP contribution in [-0.2, 0) is 11.5 Å². The molecule has 0 atom stereocenters. The summed E-state index contributed by atoms with van der Waals surface area (Å²) in [6, 6.07) is 5.84. The number of thiazole rings is 1. The maximum atomic E-state index is 5.59. The lowest BCUT2D eigenvalue weighted by atomic mass is 10.1. The Morgan fingerprint density at radius 2 is 2.33 bits per heavy atom. The molecule has 3 rings (SSSR count). The molecule has 0 radical (unpaired) electrons. The Morgan fingerprint density at radius 3 is 3.13 bits per heavy atom. The Balaban J connectivity index is 2.06. The molecule has 15 heavy (non-hydrogen) atoms. The number of anilines is 1. The summed E-state index contributed by atoms with van der Waals surface area (Å²) >= 11 is 1.44. The zero-order chi connectivity index (χ0) is 10.3. The van der Waals surface area contributed by atoms with Crippen molar-refractivity contribution in [1.82, 2.24) is 4.98 Å². The summed E-state index contributed by atoms with van der Waals surface area (Å²) in [6.07, 6.45) is 0. The van der Waals surface area contributed by atoms with Crippen LogP contribution in [0.3, 0.4) is 0 Å². The lowest BCUT2D eigenvalue weighted by Gasteiger charge is -1.98. The van der Waals surface area contributed by atoms with E-state index in [-0.39, 0.29) is 0 Å². The van der Waals surface area contributed by atoms with E-state index >= 15 is 0 Å². The molecule has 0 spiro atoms. The fourth-order valence-electron chi connectivity index (χ4n) is 1.51. The first-order valence-corrected chi connectivity index (χ1v) is 5.35. The Hall–Kier alpha value is -1.59. The van der Waals surface area contributed by atoms with Gasteiger partial charge in [-0.25, -0.2) is 4.98 Å². The van der Waals surface area contributed by atoms with Crippen LogP contribution in [0.4, 0.5) is 5.13 Å². The molecule has 2 N–H and O–H groups in total. The third-order valence-electron chi connectivity index (χ3n) is 2.24. The molecule has 2 heterocycles. The first kappa shape index (κ1) is 8.70. The first-order valence-electron chi connectivity index (χ1n) is 4.47. The highest BCUT2D eigenvalue weighted by molar-refractivity contribution is 7.13. The number of hydrogen-bond donors (Lipinski definition) is 1. The fraction of sp³-hybridized carbons (Fsp3) is 0.100. The summed E-state index contributed by atoms with van der Waals surface area (Å²) in [5.74, 6) is 0.780. The molecule has 0 bridgehead atoms. The minimum atomic E-state index is 0.489. The van der Waals surface area contributed by atoms with Crippen LogP contribution in [0.1, 0.15) is 5.56 Å². The van der Waals surface area contributed by atoms with E-state index in [1.54, 1.807) is 0 Å². The van der Waals surface area contributed by atoms with Gasteiger partial charge in [0.1, 0.15) is 6.61 Å². The summed E-state index contributed by atoms with van der Waals surface area (Å²) in [4.78, 5) is 14.0. The minimum absolute atomic E-state index is 0.489. The van der Waals surface area contributed by atoms with Crippen molar-refractivity contribution in [3.63, 3.8) is 0 Å². The molecule has 0 amide bonds. The zero-order valence-electron chi connectivity index (χ0n) is 7.77. The Kier molecular flexibility index (Phi) is 1.87. The highest BCUT2D eigenvalue weighted by Crippen LogP contribution is 2.31. The van der Waals surface area contributed by atoms with Gasteiger partial charge in [-0.15, -0.1) is 11.3 Å². The van der Waals surface area contributed by atoms with E-state index in [1.165, 1.54) is 11.3 Å². The largest absolute Gasteiger partial charge is 0.375 e. The number of nitrogens with two attached hydrogens (primary N) is 1. The van der Waals surface area contributed by atoms with Gasteiger partial charge in [0.2, 0.25) is 0 Å². The third-order valence-corrected chi connectivity index (χ3v) is 2.92. The van der Waals surface area contributed by atoms with Gasteiger partial charge in [0.15, 0.2) is 10.9 Å². The molecule has 4 nitrogen and oxygen atoms in total. The van der Waals surface area contributed by atoms with Crippen molar-refractivity contribution in [1.29, 1.82) is 0 Å². The second-order valence-corrected chi connectivity index (χ2v) is 4.13. The molecule has 0 saturated heterocycles. The summed E-state index contributed by atoms with van der Waals surface area (Å²) in [6.45, 7) is 0.489. The van der Waals surface area contributed by atoms with E-state index < -0.39 is 0 Å². The SMILES string of the molecule is Nc1nc(-c2ccc3c(c2)COO3)cs1. The van der Waals surface area contributed by atoms with Gasteiger partial charge >= 0.3 is 0 Å². The van der Waals surface area contributed by atoms with Crippen molar-refractivity contribution in [3.05, 3.63) is 29.1 Å². The van der Waals surface area contributed by atoms with Crippen LogP contribution in [0.5, 0.6) is 5.75 Å². The van der Waals surface area contributed by atoms with Crippen LogP contribution in [0, 0.1) is 0 Å². The molecular formula is C10H8N2O2S. The number of benzene rings is 1. The number of fused-ring (bicyclic) bond motifs is 1. The molecule has 5 heteroatoms. The molecule has 0 saturated carbocycles. The Labute approximate surface area is 90.2 Å². The zero-order valence-corrected chi connectivity index (χ0v) is 8.58. The molecular weight excluding hydrogens is 212 g/mol. The van der Waals surface area contributed by atoms with E-state index in [9.17, 15) is 0 Å². The number of nitrogen functional groups attached to an aromatic ring is 1. The predicted octanol–water partition coefficient (Wildman–Crippen LogP) is 2.22. The summed E-state index contributed by atoms with van der Waals surface area (Å²) < 4.78 is 0. The molecule has 0 unspecified atom stereocenters. The monoisotopic (exact) mass is 220 g/mol. The topological polar surface area (TPSA) is 57.4 Å². The molecule has 0 aliphatic carbocycles. The number of rotatable bonds is 1. The van der Waals surface area contributed by atoms with Gasteiger partial charge in [0.25, 0.3) is 0 Å². The van der Waals surface area contributed by atoms with E-state index in [1.807, 2.05) is 23.6 Å². The van der Waals surface area contributed by atoms with Crippen LogP contribution in [-0.4, -0.2) is 4.98 Å². The Morgan fingerprint density at radius 1 is 1.40 bits per heavy atom. The molecule has 1 aromatic carbocycles. The van der Waals surface area contributed by atoms with Gasteiger partial charge in [-0.3, -0.25) is 0 Å². The quantitative estimate of drug-likeness (QED) is 0.748. The molecule has 1 aliphatic rings. The van der Waals surface area contributed by atoms with Gasteiger partial charge in [-0.1, -0.05) is 0 Å². The lowest BCUT2D eigenvalue weighted by molar-refractivity contribution is -0.194. The van der Waals surface area contributed by atoms with Crippen molar-refractivity contribution < 1.29 is 9.78 Å². The van der Waals surface area contributed by atoms with Crippen molar-refractivity contribution in [3.8, 4) is 17.0 Å². The van der Waals surface area contributed by atoms with Crippen LogP contribution in [0.25, 0.3) is 11.3 Å². The minimum Gasteiger partial charge on any atom is -0.375 e. The summed E-state index contributed by atoms with van der Waals surface area (Å²) in [7, 11) is 0. The van der Waals surface area contributed by atoms with Crippen LogP contribution in [0.15, 0.2) is 23.6 Å². The highest BCUT2D eigenvalue weighted by Gasteiger charge is 2.14. The second-order valence-electron chi connectivity index (χ2n) is 3.24. The summed E-state index contributed by atoms with van der Waals surface area (Å²) in [5, 5.41) is 2.52. The van der Waals surface area contributed by atoms with Crippen molar-refractivity contribution >= 4 is 16.5 Å². The maximum absolute atomic E-state index is 5.59. The number of nitrogens with zero attached hydrogens (tertiary/aromatic N) is 1. The van der Waals surface area contributed by atoms with Gasteiger partial charge in [0, 0.05) is 16.5 Å². The smallest absolute Gasteiger partial charge is 0.180 e. The fourth-order valence-corrected chi connectivity index (χ4v) is 2.08. The first-order chi connectivity index (χ1) is 7.33. The summed E-state index contributed by atoms with van der Waals surface area (Å²) in [5.41, 5.74) is 8.56. The maximum Gasteiger partial charge on any atom is 0.180 e. The van der Waals surface area contributed by atoms with Crippen LogP contribution in [0.2, 0.25) is 0 Å². The van der Waals surface area contributed by atoms with Gasteiger partial charge in [-0.05, 0) is 18.2 Å². The van der Waals surface area contributed by atoms with E-state index in [2.05, 4.69) is 4.98 Å². The van der Waals surface area contributed by atoms with Crippen molar-refractivity contribution in [2.45, 2.75) is 6.61 Å². The second kappa shape index (κ2) is 3.22. The molecule has 1 aliphatic heterocycles. The van der Waals surface area contributed by atoms with Gasteiger partial charge in [0.05, 0.1) is 5.69 Å². The normalized spacial score (nSPS) is 13.6. The third kappa shape index (κ3) is 1.45. The highest BCUT2D eigenvalue weighted by atomic mass is 32.1. The van der Waals surface area contributed by atoms with E-state index in [0.717, 1.165) is 22.6 Å². The lowest BCUT2D eigenvalue weighted by Crippen LogP contribution is -1.84. The van der Waals surface area contributed by atoms with Crippen molar-refractivity contribution in [2.75, 3.05) is 5.73 Å². The average Bonchev–Trinajstić information content (AvgIpc) is 2.84. The van der Waals surface area contributed by atoms with Crippen LogP contribution < -0.4 is 10.6 Å². The van der Waals surface area contributed by atoms with E-state index in [4.69, 9.17) is 15.5 Å². The standard InChI is InChI=1S/C10H8N2O2S/c11-10-12-8(5-15-10)6-1-2-9-7(3-6)4-13-14-9/h1-3,5H,4H2,(H2,11,12). The molecule has 2 aromatic rings. The molecule has 0 fully saturated rings. The van der Waals surface area contributed by atoms with Gasteiger partial charge < -0.3 is 10.6 Å². The van der Waals surface area contributed by atoms with E-state index in [0.29, 0.717) is 11.7 Å². The van der Waals surface area contributed by atoms with Crippen molar-refractivity contribution in [2.24, 2.45) is 0 Å².